The standard InChI is InChI=1S/C25H29FN4O4/c1-2-11-30-16-23(32)28-20(14-18-9-6-10-19(26)12-18)24(33)27-15-22(31)29-21(25(30)34)13-17-7-4-3-5-8-17/h3-10,12,20-21H,2,11,13-16H2,1H3,(H,27,33)(H,28,32)(H,29,31)/t20-,21?/m0/s1. The Morgan fingerprint density at radius 3 is 2.26 bits per heavy atom. The molecule has 1 aliphatic heterocycles. The Labute approximate surface area is 197 Å². The van der Waals surface area contributed by atoms with Crippen LogP contribution in [0.2, 0.25) is 0 Å². The Morgan fingerprint density at radius 1 is 0.882 bits per heavy atom. The summed E-state index contributed by atoms with van der Waals surface area (Å²) in [6.07, 6.45) is 0.900. The number of carbonyl (C=O) groups is 4. The van der Waals surface area contributed by atoms with Crippen molar-refractivity contribution in [3.63, 3.8) is 0 Å². The molecule has 2 aromatic rings. The van der Waals surface area contributed by atoms with Gasteiger partial charge in [-0.2, -0.15) is 0 Å². The van der Waals surface area contributed by atoms with Gasteiger partial charge in [0, 0.05) is 19.4 Å². The quantitative estimate of drug-likeness (QED) is 0.587. The van der Waals surface area contributed by atoms with E-state index in [1.165, 1.54) is 23.1 Å². The number of carbonyl (C=O) groups excluding carboxylic acids is 4. The molecule has 1 saturated heterocycles. The maximum absolute atomic E-state index is 13.6. The number of benzene rings is 2. The predicted octanol–water partition coefficient (Wildman–Crippen LogP) is 0.949. The lowest BCUT2D eigenvalue weighted by Crippen LogP contribution is -2.57. The fraction of sp³-hybridized carbons (Fsp3) is 0.360. The molecule has 4 amide bonds. The lowest BCUT2D eigenvalue weighted by Gasteiger charge is -2.29. The molecule has 34 heavy (non-hydrogen) atoms. The van der Waals surface area contributed by atoms with Crippen LogP contribution < -0.4 is 16.0 Å². The molecular weight excluding hydrogens is 439 g/mol. The van der Waals surface area contributed by atoms with Crippen LogP contribution in [-0.4, -0.2) is 60.2 Å². The van der Waals surface area contributed by atoms with Crippen LogP contribution in [0.25, 0.3) is 0 Å². The van der Waals surface area contributed by atoms with Gasteiger partial charge in [0.15, 0.2) is 0 Å². The van der Waals surface area contributed by atoms with E-state index in [1.807, 2.05) is 37.3 Å². The lowest BCUT2D eigenvalue weighted by atomic mass is 10.0. The smallest absolute Gasteiger partial charge is 0.245 e. The van der Waals surface area contributed by atoms with Crippen LogP contribution in [0.4, 0.5) is 4.39 Å². The summed E-state index contributed by atoms with van der Waals surface area (Å²) >= 11 is 0. The van der Waals surface area contributed by atoms with Crippen molar-refractivity contribution in [2.45, 2.75) is 38.3 Å². The van der Waals surface area contributed by atoms with Gasteiger partial charge in [0.25, 0.3) is 0 Å². The Kier molecular flexibility index (Phi) is 8.73. The second-order valence-corrected chi connectivity index (χ2v) is 8.24. The van der Waals surface area contributed by atoms with E-state index in [9.17, 15) is 23.6 Å². The molecule has 0 aromatic heterocycles. The maximum atomic E-state index is 13.6. The Hall–Kier alpha value is -3.75. The fourth-order valence-corrected chi connectivity index (χ4v) is 3.87. The van der Waals surface area contributed by atoms with Crippen molar-refractivity contribution in [2.24, 2.45) is 0 Å². The van der Waals surface area contributed by atoms with Gasteiger partial charge in [-0.15, -0.1) is 0 Å². The average molecular weight is 469 g/mol. The number of nitrogens with zero attached hydrogens (tertiary/aromatic N) is 1. The van der Waals surface area contributed by atoms with Gasteiger partial charge in [-0.25, -0.2) is 4.39 Å². The average Bonchev–Trinajstić information content (AvgIpc) is 2.81. The third-order valence-corrected chi connectivity index (χ3v) is 5.46. The molecule has 0 spiro atoms. The van der Waals surface area contributed by atoms with Crippen LogP contribution in [0, 0.1) is 5.82 Å². The Morgan fingerprint density at radius 2 is 1.56 bits per heavy atom. The van der Waals surface area contributed by atoms with Crippen LogP contribution >= 0.6 is 0 Å². The molecule has 1 heterocycles. The summed E-state index contributed by atoms with van der Waals surface area (Å²) in [6, 6.07) is 13.1. The molecule has 0 aliphatic carbocycles. The molecular formula is C25H29FN4O4. The number of halogens is 1. The van der Waals surface area contributed by atoms with Crippen molar-refractivity contribution in [3.05, 3.63) is 71.5 Å². The van der Waals surface area contributed by atoms with Gasteiger partial charge in [-0.05, 0) is 29.7 Å². The minimum atomic E-state index is -1.03. The zero-order chi connectivity index (χ0) is 24.5. The first-order chi connectivity index (χ1) is 16.4. The third kappa shape index (κ3) is 7.13. The summed E-state index contributed by atoms with van der Waals surface area (Å²) in [5, 5.41) is 7.85. The molecule has 1 fully saturated rings. The first-order valence-corrected chi connectivity index (χ1v) is 11.3. The van der Waals surface area contributed by atoms with E-state index in [2.05, 4.69) is 16.0 Å². The highest BCUT2D eigenvalue weighted by atomic mass is 19.1. The summed E-state index contributed by atoms with van der Waals surface area (Å²) in [5.41, 5.74) is 1.37. The minimum Gasteiger partial charge on any atom is -0.345 e. The summed E-state index contributed by atoms with van der Waals surface area (Å²) < 4.78 is 13.6. The molecule has 2 atom stereocenters. The molecule has 180 valence electrons. The lowest BCUT2D eigenvalue weighted by molar-refractivity contribution is -0.140. The first kappa shape index (κ1) is 24.9. The highest BCUT2D eigenvalue weighted by Gasteiger charge is 2.30. The normalized spacial score (nSPS) is 20.0. The molecule has 1 aliphatic rings. The second kappa shape index (κ2) is 11.9. The molecule has 9 heteroatoms. The number of amides is 4. The highest BCUT2D eigenvalue weighted by Crippen LogP contribution is 2.10. The van der Waals surface area contributed by atoms with Gasteiger partial charge in [0.05, 0.1) is 13.1 Å². The first-order valence-electron chi connectivity index (χ1n) is 11.3. The van der Waals surface area contributed by atoms with Crippen LogP contribution in [0.15, 0.2) is 54.6 Å². The van der Waals surface area contributed by atoms with E-state index in [0.717, 1.165) is 5.56 Å². The van der Waals surface area contributed by atoms with Crippen LogP contribution in [-0.2, 0) is 32.0 Å². The number of nitrogens with one attached hydrogen (secondary N) is 3. The molecule has 3 rings (SSSR count). The van der Waals surface area contributed by atoms with Gasteiger partial charge >= 0.3 is 0 Å². The summed E-state index contributed by atoms with van der Waals surface area (Å²) in [6.45, 7) is 1.57. The van der Waals surface area contributed by atoms with E-state index in [1.54, 1.807) is 6.07 Å². The van der Waals surface area contributed by atoms with Crippen LogP contribution in [0.5, 0.6) is 0 Å². The van der Waals surface area contributed by atoms with Gasteiger partial charge in [-0.1, -0.05) is 49.4 Å². The van der Waals surface area contributed by atoms with E-state index >= 15 is 0 Å². The van der Waals surface area contributed by atoms with Crippen LogP contribution in [0.1, 0.15) is 24.5 Å². The van der Waals surface area contributed by atoms with Crippen molar-refractivity contribution in [3.8, 4) is 0 Å². The summed E-state index contributed by atoms with van der Waals surface area (Å²) in [4.78, 5) is 52.9. The zero-order valence-corrected chi connectivity index (χ0v) is 19.1. The Bertz CT molecular complexity index is 1030. The largest absolute Gasteiger partial charge is 0.345 e. The summed E-state index contributed by atoms with van der Waals surface area (Å²) in [5.74, 6) is -2.43. The maximum Gasteiger partial charge on any atom is 0.245 e. The van der Waals surface area contributed by atoms with Gasteiger partial charge < -0.3 is 20.9 Å². The topological polar surface area (TPSA) is 108 Å². The fourth-order valence-electron chi connectivity index (χ4n) is 3.87. The summed E-state index contributed by atoms with van der Waals surface area (Å²) in [7, 11) is 0. The molecule has 0 bridgehead atoms. The molecule has 0 saturated carbocycles. The number of hydrogen-bond acceptors (Lipinski definition) is 4. The second-order valence-electron chi connectivity index (χ2n) is 8.24. The van der Waals surface area contributed by atoms with Gasteiger partial charge in [-0.3, -0.25) is 19.2 Å². The van der Waals surface area contributed by atoms with E-state index < -0.39 is 35.6 Å². The van der Waals surface area contributed by atoms with Crippen molar-refractivity contribution in [1.82, 2.24) is 20.9 Å². The third-order valence-electron chi connectivity index (χ3n) is 5.46. The molecule has 2 aromatic carbocycles. The van der Waals surface area contributed by atoms with Crippen molar-refractivity contribution >= 4 is 23.6 Å². The zero-order valence-electron chi connectivity index (χ0n) is 19.1. The molecule has 3 N–H and O–H groups in total. The van der Waals surface area contributed by atoms with E-state index in [-0.39, 0.29) is 31.8 Å². The van der Waals surface area contributed by atoms with Crippen LogP contribution in [0.3, 0.4) is 0 Å². The Balaban J connectivity index is 1.82. The highest BCUT2D eigenvalue weighted by molar-refractivity contribution is 5.95. The van der Waals surface area contributed by atoms with Crippen molar-refractivity contribution < 1.29 is 23.6 Å². The molecule has 0 radical (unpaired) electrons. The SMILES string of the molecule is CCCN1CC(=O)N[C@@H](Cc2cccc(F)c2)C(=O)NCC(=O)NC(Cc2ccccc2)C1=O. The number of rotatable bonds is 6. The van der Waals surface area contributed by atoms with Gasteiger partial charge in [0.2, 0.25) is 23.6 Å². The van der Waals surface area contributed by atoms with E-state index in [4.69, 9.17) is 0 Å². The van der Waals surface area contributed by atoms with E-state index in [0.29, 0.717) is 18.5 Å². The molecule has 1 unspecified atom stereocenters. The van der Waals surface area contributed by atoms with Gasteiger partial charge in [0.1, 0.15) is 17.9 Å². The number of hydrogen-bond donors (Lipinski definition) is 3. The van der Waals surface area contributed by atoms with Crippen molar-refractivity contribution in [2.75, 3.05) is 19.6 Å². The van der Waals surface area contributed by atoms with Crippen molar-refractivity contribution in [1.29, 1.82) is 0 Å². The monoisotopic (exact) mass is 468 g/mol. The predicted molar refractivity (Wildman–Crippen MR) is 124 cm³/mol. The minimum absolute atomic E-state index is 0.0370. The molecule has 8 nitrogen and oxygen atoms in total.